The zero-order valence-electron chi connectivity index (χ0n) is 13.4. The molecule has 22 heavy (non-hydrogen) atoms. The summed E-state index contributed by atoms with van der Waals surface area (Å²) in [6.07, 6.45) is 0.772. The van der Waals surface area contributed by atoms with Gasteiger partial charge in [-0.15, -0.1) is 0 Å². The molecule has 0 fully saturated rings. The molecule has 0 bridgehead atoms. The van der Waals surface area contributed by atoms with Crippen molar-refractivity contribution in [3.63, 3.8) is 0 Å². The molecule has 2 aromatic carbocycles. The Morgan fingerprint density at radius 2 is 1.73 bits per heavy atom. The Balaban J connectivity index is 2.13. The van der Waals surface area contributed by atoms with Gasteiger partial charge >= 0.3 is 0 Å². The van der Waals surface area contributed by atoms with Crippen molar-refractivity contribution in [1.29, 1.82) is 0 Å². The molecule has 2 atom stereocenters. The highest BCUT2D eigenvalue weighted by Crippen LogP contribution is 2.26. The number of ether oxygens (including phenoxy) is 1. The summed E-state index contributed by atoms with van der Waals surface area (Å²) in [5, 5.41) is 3.10. The maximum atomic E-state index is 12.6. The lowest BCUT2D eigenvalue weighted by Crippen LogP contribution is -2.31. The number of amides is 1. The van der Waals surface area contributed by atoms with Gasteiger partial charge in [-0.3, -0.25) is 4.79 Å². The van der Waals surface area contributed by atoms with E-state index in [0.29, 0.717) is 0 Å². The van der Waals surface area contributed by atoms with E-state index in [2.05, 4.69) is 5.32 Å². The molecule has 0 saturated carbocycles. The van der Waals surface area contributed by atoms with Crippen molar-refractivity contribution < 1.29 is 9.53 Å². The highest BCUT2D eigenvalue weighted by Gasteiger charge is 2.21. The summed E-state index contributed by atoms with van der Waals surface area (Å²) < 4.78 is 5.37. The molecule has 2 rings (SSSR count). The number of carbonyl (C=O) groups is 1. The van der Waals surface area contributed by atoms with E-state index < -0.39 is 0 Å². The lowest BCUT2D eigenvalue weighted by Gasteiger charge is -2.21. The smallest absolute Gasteiger partial charge is 0.228 e. The lowest BCUT2D eigenvalue weighted by atomic mass is 9.95. The molecule has 0 heterocycles. The summed E-state index contributed by atoms with van der Waals surface area (Å²) in [7, 11) is 1.65. The molecule has 2 unspecified atom stereocenters. The van der Waals surface area contributed by atoms with Crippen molar-refractivity contribution in [2.75, 3.05) is 7.11 Å². The first kappa shape index (κ1) is 16.1. The van der Waals surface area contributed by atoms with Crippen LogP contribution in [0.15, 0.2) is 54.6 Å². The maximum Gasteiger partial charge on any atom is 0.228 e. The molecule has 1 amide bonds. The van der Waals surface area contributed by atoms with E-state index in [4.69, 9.17) is 4.74 Å². The highest BCUT2D eigenvalue weighted by molar-refractivity contribution is 5.84. The topological polar surface area (TPSA) is 38.3 Å². The molecule has 0 aliphatic rings. The first-order valence-electron chi connectivity index (χ1n) is 7.65. The highest BCUT2D eigenvalue weighted by atomic mass is 16.5. The van der Waals surface area contributed by atoms with Crippen LogP contribution in [0.5, 0.6) is 5.75 Å². The third kappa shape index (κ3) is 3.67. The Morgan fingerprint density at radius 3 is 2.36 bits per heavy atom. The average Bonchev–Trinajstić information content (AvgIpc) is 2.56. The van der Waals surface area contributed by atoms with Crippen LogP contribution in [-0.2, 0) is 4.79 Å². The number of carbonyl (C=O) groups excluding carboxylic acids is 1. The zero-order valence-corrected chi connectivity index (χ0v) is 13.4. The van der Waals surface area contributed by atoms with Gasteiger partial charge in [0.15, 0.2) is 0 Å². The summed E-state index contributed by atoms with van der Waals surface area (Å²) in [5.74, 6) is 0.716. The largest absolute Gasteiger partial charge is 0.496 e. The summed E-state index contributed by atoms with van der Waals surface area (Å²) in [5.41, 5.74) is 2.04. The number of hydrogen-bond donors (Lipinski definition) is 1. The maximum absolute atomic E-state index is 12.6. The Hall–Kier alpha value is -2.29. The third-order valence-corrected chi connectivity index (χ3v) is 3.89. The summed E-state index contributed by atoms with van der Waals surface area (Å²) in [4.78, 5) is 12.6. The Bertz CT molecular complexity index is 610. The van der Waals surface area contributed by atoms with Crippen LogP contribution in [0.4, 0.5) is 0 Å². The summed E-state index contributed by atoms with van der Waals surface area (Å²) in [6, 6.07) is 17.6. The van der Waals surface area contributed by atoms with Crippen LogP contribution in [0.3, 0.4) is 0 Å². The normalized spacial score (nSPS) is 13.2. The van der Waals surface area contributed by atoms with Gasteiger partial charge in [0.1, 0.15) is 5.75 Å². The zero-order chi connectivity index (χ0) is 15.9. The van der Waals surface area contributed by atoms with Gasteiger partial charge in [-0.1, -0.05) is 55.5 Å². The second-order valence-electron chi connectivity index (χ2n) is 5.34. The van der Waals surface area contributed by atoms with Crippen LogP contribution < -0.4 is 10.1 Å². The number of methoxy groups -OCH3 is 1. The number of para-hydroxylation sites is 1. The Kier molecular flexibility index (Phi) is 5.59. The van der Waals surface area contributed by atoms with E-state index in [0.717, 1.165) is 23.3 Å². The van der Waals surface area contributed by atoms with E-state index in [1.54, 1.807) is 7.11 Å². The van der Waals surface area contributed by atoms with Crippen molar-refractivity contribution in [1.82, 2.24) is 5.32 Å². The van der Waals surface area contributed by atoms with Crippen LogP contribution in [0, 0.1) is 0 Å². The molecule has 0 saturated heterocycles. The fourth-order valence-corrected chi connectivity index (χ4v) is 2.67. The predicted octanol–water partition coefficient (Wildman–Crippen LogP) is 4.07. The van der Waals surface area contributed by atoms with Gasteiger partial charge in [-0.05, 0) is 25.0 Å². The van der Waals surface area contributed by atoms with Crippen molar-refractivity contribution in [3.8, 4) is 5.75 Å². The van der Waals surface area contributed by atoms with E-state index in [1.807, 2.05) is 68.4 Å². The van der Waals surface area contributed by atoms with Crippen LogP contribution in [0.25, 0.3) is 0 Å². The van der Waals surface area contributed by atoms with Crippen molar-refractivity contribution in [2.24, 2.45) is 0 Å². The summed E-state index contributed by atoms with van der Waals surface area (Å²) >= 11 is 0. The lowest BCUT2D eigenvalue weighted by molar-refractivity contribution is -0.123. The van der Waals surface area contributed by atoms with E-state index in [1.165, 1.54) is 0 Å². The monoisotopic (exact) mass is 297 g/mol. The standard InChI is InChI=1S/C19H23NO2/c1-4-16(15-10-6-5-7-11-15)19(21)20-14(2)17-12-8-9-13-18(17)22-3/h5-14,16H,4H2,1-3H3,(H,20,21). The van der Waals surface area contributed by atoms with Gasteiger partial charge in [0.2, 0.25) is 5.91 Å². The molecule has 0 spiro atoms. The first-order chi connectivity index (χ1) is 10.7. The second-order valence-corrected chi connectivity index (χ2v) is 5.34. The van der Waals surface area contributed by atoms with Crippen molar-refractivity contribution >= 4 is 5.91 Å². The average molecular weight is 297 g/mol. The molecule has 1 N–H and O–H groups in total. The SMILES string of the molecule is CCC(C(=O)NC(C)c1ccccc1OC)c1ccccc1. The van der Waals surface area contributed by atoms with Crippen LogP contribution in [-0.4, -0.2) is 13.0 Å². The van der Waals surface area contributed by atoms with E-state index in [9.17, 15) is 4.79 Å². The van der Waals surface area contributed by atoms with E-state index >= 15 is 0 Å². The number of hydrogen-bond acceptors (Lipinski definition) is 2. The molecular formula is C19H23NO2. The fourth-order valence-electron chi connectivity index (χ4n) is 2.67. The predicted molar refractivity (Wildman–Crippen MR) is 89.0 cm³/mol. The van der Waals surface area contributed by atoms with Gasteiger partial charge in [0.25, 0.3) is 0 Å². The van der Waals surface area contributed by atoms with Crippen molar-refractivity contribution in [2.45, 2.75) is 32.2 Å². The first-order valence-corrected chi connectivity index (χ1v) is 7.65. The number of benzene rings is 2. The molecule has 116 valence electrons. The van der Waals surface area contributed by atoms with Gasteiger partial charge < -0.3 is 10.1 Å². The van der Waals surface area contributed by atoms with Gasteiger partial charge in [0.05, 0.1) is 19.1 Å². The van der Waals surface area contributed by atoms with Gasteiger partial charge in [-0.2, -0.15) is 0 Å². The molecule has 0 aliphatic heterocycles. The molecule has 2 aromatic rings. The number of rotatable bonds is 6. The Labute approximate surface area is 132 Å². The fraction of sp³-hybridized carbons (Fsp3) is 0.316. The minimum atomic E-state index is -0.127. The second kappa shape index (κ2) is 7.64. The molecule has 0 aromatic heterocycles. The minimum Gasteiger partial charge on any atom is -0.496 e. The van der Waals surface area contributed by atoms with Crippen LogP contribution in [0.2, 0.25) is 0 Å². The Morgan fingerprint density at radius 1 is 1.09 bits per heavy atom. The van der Waals surface area contributed by atoms with Crippen LogP contribution >= 0.6 is 0 Å². The van der Waals surface area contributed by atoms with Gasteiger partial charge in [-0.25, -0.2) is 0 Å². The van der Waals surface area contributed by atoms with Crippen molar-refractivity contribution in [3.05, 3.63) is 65.7 Å². The van der Waals surface area contributed by atoms with E-state index in [-0.39, 0.29) is 17.9 Å². The molecular weight excluding hydrogens is 274 g/mol. The van der Waals surface area contributed by atoms with Gasteiger partial charge in [0, 0.05) is 5.56 Å². The van der Waals surface area contributed by atoms with Crippen LogP contribution in [0.1, 0.15) is 43.4 Å². The quantitative estimate of drug-likeness (QED) is 0.873. The number of nitrogens with one attached hydrogen (secondary N) is 1. The minimum absolute atomic E-state index is 0.0482. The summed E-state index contributed by atoms with van der Waals surface area (Å²) in [6.45, 7) is 4.01. The molecule has 0 aliphatic carbocycles. The molecule has 3 nitrogen and oxygen atoms in total. The third-order valence-electron chi connectivity index (χ3n) is 3.89. The molecule has 3 heteroatoms. The molecule has 0 radical (unpaired) electrons.